The fraction of sp³-hybridized carbons (Fsp3) is 0.645. The Morgan fingerprint density at radius 3 is 2.42 bits per heavy atom. The van der Waals surface area contributed by atoms with Crippen molar-refractivity contribution in [1.82, 2.24) is 15.1 Å². The van der Waals surface area contributed by atoms with E-state index in [1.807, 2.05) is 25.7 Å². The van der Waals surface area contributed by atoms with E-state index < -0.39 is 5.60 Å². The normalized spacial score (nSPS) is 18.3. The van der Waals surface area contributed by atoms with Crippen LogP contribution in [-0.2, 0) is 17.6 Å². The van der Waals surface area contributed by atoms with Gasteiger partial charge in [0.25, 0.3) is 0 Å². The first-order valence-corrected chi connectivity index (χ1v) is 15.7. The molecule has 1 fully saturated rings. The zero-order valence-corrected chi connectivity index (χ0v) is 25.7. The molecule has 0 spiro atoms. The van der Waals surface area contributed by atoms with E-state index in [0.717, 1.165) is 75.5 Å². The fourth-order valence-electron chi connectivity index (χ4n) is 6.03. The zero-order chi connectivity index (χ0) is 28.9. The molecule has 0 bridgehead atoms. The Hall–Kier alpha value is -2.81. The number of hydrogen-bond acceptors (Lipinski definition) is 6. The molecule has 8 nitrogen and oxygen atoms in total. The van der Waals surface area contributed by atoms with Crippen LogP contribution in [0.1, 0.15) is 100 Å². The minimum absolute atomic E-state index is 0.274. The Bertz CT molecular complexity index is 1170. The molecule has 4 rings (SSSR count). The predicted molar refractivity (Wildman–Crippen MR) is 161 cm³/mol. The van der Waals surface area contributed by atoms with Gasteiger partial charge in [0, 0.05) is 43.3 Å². The molecule has 3 aliphatic rings. The number of likely N-dealkylation sites (tertiary alicyclic amines) is 1. The highest BCUT2D eigenvalue weighted by atomic mass is 32.1. The van der Waals surface area contributed by atoms with E-state index in [0.29, 0.717) is 30.2 Å². The highest BCUT2D eigenvalue weighted by Gasteiger charge is 2.29. The quantitative estimate of drug-likeness (QED) is 0.341. The van der Waals surface area contributed by atoms with Gasteiger partial charge in [0.15, 0.2) is 6.29 Å². The second-order valence-electron chi connectivity index (χ2n) is 12.1. The molecule has 40 heavy (non-hydrogen) atoms. The summed E-state index contributed by atoms with van der Waals surface area (Å²) in [5.74, 6) is 0. The number of carbonyl (C=O) groups excluding carboxylic acids is 3. The minimum Gasteiger partial charge on any atom is -0.444 e. The average Bonchev–Trinajstić information content (AvgIpc) is 3.56. The number of thiophene rings is 1. The largest absolute Gasteiger partial charge is 0.444 e. The van der Waals surface area contributed by atoms with E-state index in [9.17, 15) is 14.4 Å². The molecule has 0 radical (unpaired) electrons. The van der Waals surface area contributed by atoms with E-state index in [2.05, 4.69) is 29.4 Å². The number of nitrogens with zero attached hydrogens (tertiary/aromatic N) is 2. The monoisotopic (exact) mass is 570 g/mol. The van der Waals surface area contributed by atoms with Gasteiger partial charge in [0.1, 0.15) is 10.6 Å². The molecule has 3 amide bonds. The van der Waals surface area contributed by atoms with E-state index in [-0.39, 0.29) is 12.1 Å². The van der Waals surface area contributed by atoms with E-state index in [1.54, 1.807) is 0 Å². The summed E-state index contributed by atoms with van der Waals surface area (Å²) >= 11 is 1.54. The highest BCUT2D eigenvalue weighted by molar-refractivity contribution is 7.16. The van der Waals surface area contributed by atoms with Gasteiger partial charge in [-0.05, 0) is 101 Å². The smallest absolute Gasteiger partial charge is 0.410 e. The summed E-state index contributed by atoms with van der Waals surface area (Å²) in [5, 5.41) is 6.74. The number of nitrogens with one attached hydrogen (secondary N) is 2. The first kappa shape index (κ1) is 30.2. The molecule has 1 aromatic rings. The number of aryl methyl sites for hydroxylation is 1. The van der Waals surface area contributed by atoms with Gasteiger partial charge in [-0.15, -0.1) is 11.3 Å². The third-order valence-electron chi connectivity index (χ3n) is 8.01. The lowest BCUT2D eigenvalue weighted by molar-refractivity contribution is 0.0258. The summed E-state index contributed by atoms with van der Waals surface area (Å²) < 4.78 is 5.67. The number of aldehydes is 1. The molecule has 0 aromatic carbocycles. The fourth-order valence-corrected chi connectivity index (χ4v) is 7.28. The number of urea groups is 1. The lowest BCUT2D eigenvalue weighted by Crippen LogP contribution is -2.41. The summed E-state index contributed by atoms with van der Waals surface area (Å²) in [6, 6.07) is -0.294. The molecule has 0 atom stereocenters. The van der Waals surface area contributed by atoms with Crippen LogP contribution >= 0.6 is 11.3 Å². The molecule has 2 N–H and O–H groups in total. The molecular formula is C31H46N4O4S. The van der Waals surface area contributed by atoms with Crippen LogP contribution in [0, 0.1) is 0 Å². The molecule has 2 aliphatic heterocycles. The van der Waals surface area contributed by atoms with Gasteiger partial charge in [-0.25, -0.2) is 9.59 Å². The van der Waals surface area contributed by atoms with Gasteiger partial charge in [0.05, 0.1) is 5.56 Å². The van der Waals surface area contributed by atoms with Crippen LogP contribution in [0.25, 0.3) is 0 Å². The lowest BCUT2D eigenvalue weighted by Gasteiger charge is -2.35. The average molecular weight is 571 g/mol. The van der Waals surface area contributed by atoms with Crippen LogP contribution in [0.2, 0.25) is 0 Å². The number of rotatable bonds is 8. The Labute approximate surface area is 243 Å². The number of amides is 3. The highest BCUT2D eigenvalue weighted by Crippen LogP contribution is 2.37. The maximum absolute atomic E-state index is 13.2. The molecular weight excluding hydrogens is 524 g/mol. The van der Waals surface area contributed by atoms with Crippen molar-refractivity contribution in [2.75, 3.05) is 38.0 Å². The predicted octanol–water partition coefficient (Wildman–Crippen LogP) is 6.67. The third kappa shape index (κ3) is 7.28. The molecule has 3 heterocycles. The molecule has 1 aliphatic carbocycles. The zero-order valence-electron chi connectivity index (χ0n) is 24.9. The van der Waals surface area contributed by atoms with Crippen LogP contribution in [0.3, 0.4) is 0 Å². The topological polar surface area (TPSA) is 91.0 Å². The third-order valence-corrected chi connectivity index (χ3v) is 9.23. The van der Waals surface area contributed by atoms with Crippen molar-refractivity contribution >= 4 is 34.7 Å². The lowest BCUT2D eigenvalue weighted by atomic mass is 9.89. The van der Waals surface area contributed by atoms with Crippen molar-refractivity contribution in [1.29, 1.82) is 0 Å². The second-order valence-corrected chi connectivity index (χ2v) is 13.2. The number of carbonyl (C=O) groups is 3. The van der Waals surface area contributed by atoms with Crippen molar-refractivity contribution in [2.24, 2.45) is 0 Å². The maximum atomic E-state index is 13.2. The summed E-state index contributed by atoms with van der Waals surface area (Å²) in [7, 11) is 0. The molecule has 1 aromatic heterocycles. The molecule has 0 unspecified atom stereocenters. The van der Waals surface area contributed by atoms with E-state index >= 15 is 0 Å². The number of allylic oxidation sites excluding steroid dienone is 1. The van der Waals surface area contributed by atoms with Crippen molar-refractivity contribution in [2.45, 2.75) is 98.0 Å². The number of fused-ring (bicyclic) bond motifs is 1. The van der Waals surface area contributed by atoms with Crippen molar-refractivity contribution in [3.63, 3.8) is 0 Å². The summed E-state index contributed by atoms with van der Waals surface area (Å²) in [6.07, 6.45) is 9.63. The molecule has 1 saturated heterocycles. The minimum atomic E-state index is -0.535. The number of anilines is 1. The molecule has 9 heteroatoms. The van der Waals surface area contributed by atoms with Crippen LogP contribution in [-0.4, -0.2) is 66.5 Å². The van der Waals surface area contributed by atoms with Crippen LogP contribution in [0.15, 0.2) is 22.4 Å². The Morgan fingerprint density at radius 2 is 1.75 bits per heavy atom. The molecule has 220 valence electrons. The summed E-state index contributed by atoms with van der Waals surface area (Å²) in [6.45, 7) is 13.6. The molecule has 0 saturated carbocycles. The number of hydrogen-bond donors (Lipinski definition) is 2. The van der Waals surface area contributed by atoms with Crippen molar-refractivity contribution < 1.29 is 19.1 Å². The SMILES string of the molecule is CCCC1=C(/C(CNC(=O)Nc2sc3c(c2C=O)CCCC3)=C(\C)N2CCCC2)CCN(C(=O)OC(C)(C)C)C1. The van der Waals surface area contributed by atoms with Gasteiger partial charge in [-0.3, -0.25) is 10.1 Å². The number of ether oxygens (including phenoxy) is 1. The van der Waals surface area contributed by atoms with Crippen molar-refractivity contribution in [3.05, 3.63) is 38.4 Å². The van der Waals surface area contributed by atoms with E-state index in [4.69, 9.17) is 4.74 Å². The Morgan fingerprint density at radius 1 is 1.02 bits per heavy atom. The van der Waals surface area contributed by atoms with Crippen molar-refractivity contribution in [3.8, 4) is 0 Å². The Balaban J connectivity index is 1.55. The standard InChI is InChI=1S/C31H46N4O4S/c1-6-11-22-19-35(30(38)39-31(3,4)5)17-14-23(22)25(21(2)34-15-9-10-16-34)18-32-29(37)33-28-26(20-36)24-12-7-8-13-27(24)40-28/h20H,6-19H2,1-5H3,(H2,32,33,37)/b25-21+. The maximum Gasteiger partial charge on any atom is 0.410 e. The van der Waals surface area contributed by atoms with Crippen LogP contribution < -0.4 is 10.6 Å². The Kier molecular flexibility index (Phi) is 9.98. The second kappa shape index (κ2) is 13.2. The van der Waals surface area contributed by atoms with Gasteiger partial charge in [-0.2, -0.15) is 0 Å². The van der Waals surface area contributed by atoms with Crippen LogP contribution in [0.5, 0.6) is 0 Å². The van der Waals surface area contributed by atoms with Gasteiger partial charge < -0.3 is 19.9 Å². The first-order chi connectivity index (χ1) is 19.1. The summed E-state index contributed by atoms with van der Waals surface area (Å²) in [4.78, 5) is 43.4. The van der Waals surface area contributed by atoms with Gasteiger partial charge in [-0.1, -0.05) is 13.3 Å². The summed E-state index contributed by atoms with van der Waals surface area (Å²) in [5.41, 5.74) is 6.06. The van der Waals surface area contributed by atoms with Gasteiger partial charge >= 0.3 is 12.1 Å². The first-order valence-electron chi connectivity index (χ1n) is 14.9. The van der Waals surface area contributed by atoms with Gasteiger partial charge in [0.2, 0.25) is 0 Å². The van der Waals surface area contributed by atoms with E-state index in [1.165, 1.54) is 45.9 Å². The van der Waals surface area contributed by atoms with Crippen LogP contribution in [0.4, 0.5) is 14.6 Å².